The summed E-state index contributed by atoms with van der Waals surface area (Å²) in [6.45, 7) is 1.84. The summed E-state index contributed by atoms with van der Waals surface area (Å²) in [5.41, 5.74) is 0. The predicted octanol–water partition coefficient (Wildman–Crippen LogP) is 1.42. The maximum Gasteiger partial charge on any atom is 0.471 e. The standard InChI is InChI=1S/C8H12F3NO2/c1-2-3-4-6(5-13)12-7(14)8(9,10)11/h5-6H,2-4H2,1H3,(H,12,14). The molecule has 0 aromatic carbocycles. The van der Waals surface area contributed by atoms with Gasteiger partial charge in [-0.05, 0) is 6.42 Å². The first-order valence-corrected chi connectivity index (χ1v) is 4.24. The lowest BCUT2D eigenvalue weighted by Gasteiger charge is -2.13. The molecule has 1 unspecified atom stereocenters. The Morgan fingerprint density at radius 2 is 2.07 bits per heavy atom. The van der Waals surface area contributed by atoms with Crippen LogP contribution in [0.15, 0.2) is 0 Å². The number of amides is 1. The van der Waals surface area contributed by atoms with Gasteiger partial charge in [-0.1, -0.05) is 19.8 Å². The molecule has 0 bridgehead atoms. The van der Waals surface area contributed by atoms with Crippen molar-refractivity contribution in [3.8, 4) is 0 Å². The molecule has 0 aliphatic heterocycles. The zero-order valence-corrected chi connectivity index (χ0v) is 7.73. The smallest absolute Gasteiger partial charge is 0.339 e. The average Bonchev–Trinajstić information content (AvgIpc) is 2.10. The summed E-state index contributed by atoms with van der Waals surface area (Å²) in [5, 5.41) is 1.61. The molecule has 0 saturated carbocycles. The Labute approximate surface area is 79.7 Å². The Kier molecular flexibility index (Phi) is 5.19. The minimum absolute atomic E-state index is 0.238. The molecule has 82 valence electrons. The second-order valence-corrected chi connectivity index (χ2v) is 2.86. The molecule has 0 radical (unpaired) electrons. The fraction of sp³-hybridized carbons (Fsp3) is 0.750. The van der Waals surface area contributed by atoms with E-state index in [0.717, 1.165) is 6.42 Å². The van der Waals surface area contributed by atoms with Crippen molar-refractivity contribution in [2.45, 2.75) is 38.4 Å². The number of carbonyl (C=O) groups excluding carboxylic acids is 2. The molecule has 14 heavy (non-hydrogen) atoms. The fourth-order valence-electron chi connectivity index (χ4n) is 0.848. The molecule has 0 rings (SSSR count). The van der Waals surface area contributed by atoms with Crippen molar-refractivity contribution < 1.29 is 22.8 Å². The monoisotopic (exact) mass is 211 g/mol. The Balaban J connectivity index is 4.05. The van der Waals surface area contributed by atoms with Crippen LogP contribution in [0.4, 0.5) is 13.2 Å². The lowest BCUT2D eigenvalue weighted by molar-refractivity contribution is -0.174. The molecule has 0 fully saturated rings. The van der Waals surface area contributed by atoms with Crippen LogP contribution in [0.25, 0.3) is 0 Å². The van der Waals surface area contributed by atoms with Crippen molar-refractivity contribution in [2.24, 2.45) is 0 Å². The molecule has 1 amide bonds. The summed E-state index contributed by atoms with van der Waals surface area (Å²) in [5.74, 6) is -2.06. The van der Waals surface area contributed by atoms with Crippen molar-refractivity contribution in [3.63, 3.8) is 0 Å². The molecule has 0 aromatic rings. The van der Waals surface area contributed by atoms with Crippen LogP contribution in [0.5, 0.6) is 0 Å². The van der Waals surface area contributed by atoms with Gasteiger partial charge in [-0.25, -0.2) is 0 Å². The number of alkyl halides is 3. The molecule has 6 heteroatoms. The molecular weight excluding hydrogens is 199 g/mol. The van der Waals surface area contributed by atoms with Gasteiger partial charge in [0.05, 0.1) is 6.04 Å². The molecule has 0 aromatic heterocycles. The van der Waals surface area contributed by atoms with Crippen molar-refractivity contribution in [2.75, 3.05) is 0 Å². The molecule has 1 N–H and O–H groups in total. The van der Waals surface area contributed by atoms with E-state index in [1.807, 2.05) is 6.92 Å². The molecule has 0 aliphatic carbocycles. The normalized spacial score (nSPS) is 13.4. The zero-order valence-electron chi connectivity index (χ0n) is 7.73. The first-order chi connectivity index (χ1) is 6.41. The third kappa shape index (κ3) is 4.84. The minimum atomic E-state index is -4.92. The highest BCUT2D eigenvalue weighted by atomic mass is 19.4. The van der Waals surface area contributed by atoms with E-state index in [-0.39, 0.29) is 6.42 Å². The van der Waals surface area contributed by atoms with E-state index in [4.69, 9.17) is 0 Å². The van der Waals surface area contributed by atoms with Gasteiger partial charge < -0.3 is 10.1 Å². The Morgan fingerprint density at radius 3 is 2.43 bits per heavy atom. The third-order valence-corrected chi connectivity index (χ3v) is 1.61. The van der Waals surface area contributed by atoms with Crippen molar-refractivity contribution >= 4 is 12.2 Å². The van der Waals surface area contributed by atoms with Gasteiger partial charge in [0.1, 0.15) is 6.29 Å². The maximum atomic E-state index is 11.7. The van der Waals surface area contributed by atoms with E-state index >= 15 is 0 Å². The molecule has 0 spiro atoms. The quantitative estimate of drug-likeness (QED) is 0.699. The maximum absolute atomic E-state index is 11.7. The Hall–Kier alpha value is -1.07. The van der Waals surface area contributed by atoms with Gasteiger partial charge in [0.15, 0.2) is 0 Å². The SMILES string of the molecule is CCCCC(C=O)NC(=O)C(F)(F)F. The largest absolute Gasteiger partial charge is 0.471 e. The molecule has 0 heterocycles. The van der Waals surface area contributed by atoms with Gasteiger partial charge in [-0.3, -0.25) is 4.79 Å². The van der Waals surface area contributed by atoms with Crippen LogP contribution in [0.1, 0.15) is 26.2 Å². The van der Waals surface area contributed by atoms with Crippen LogP contribution < -0.4 is 5.32 Å². The van der Waals surface area contributed by atoms with Gasteiger partial charge >= 0.3 is 12.1 Å². The summed E-state index contributed by atoms with van der Waals surface area (Å²) < 4.78 is 35.2. The lowest BCUT2D eigenvalue weighted by atomic mass is 10.1. The van der Waals surface area contributed by atoms with Gasteiger partial charge in [0.2, 0.25) is 0 Å². The molecule has 3 nitrogen and oxygen atoms in total. The summed E-state index contributed by atoms with van der Waals surface area (Å²) in [6.07, 6.45) is -3.01. The predicted molar refractivity (Wildman–Crippen MR) is 43.6 cm³/mol. The van der Waals surface area contributed by atoms with Crippen LogP contribution >= 0.6 is 0 Å². The first kappa shape index (κ1) is 12.9. The number of aldehydes is 1. The second kappa shape index (κ2) is 5.62. The molecule has 1 atom stereocenters. The highest BCUT2D eigenvalue weighted by Crippen LogP contribution is 2.14. The highest BCUT2D eigenvalue weighted by Gasteiger charge is 2.39. The van der Waals surface area contributed by atoms with E-state index in [9.17, 15) is 22.8 Å². The minimum Gasteiger partial charge on any atom is -0.339 e. The van der Waals surface area contributed by atoms with Crippen molar-refractivity contribution in [1.29, 1.82) is 0 Å². The highest BCUT2D eigenvalue weighted by molar-refractivity contribution is 5.84. The van der Waals surface area contributed by atoms with Crippen LogP contribution in [0.2, 0.25) is 0 Å². The number of rotatable bonds is 5. The lowest BCUT2D eigenvalue weighted by Crippen LogP contribution is -2.43. The van der Waals surface area contributed by atoms with Crippen LogP contribution in [-0.4, -0.2) is 24.4 Å². The van der Waals surface area contributed by atoms with E-state index < -0.39 is 18.1 Å². The number of halogens is 3. The summed E-state index contributed by atoms with van der Waals surface area (Å²) in [7, 11) is 0. The first-order valence-electron chi connectivity index (χ1n) is 4.24. The third-order valence-electron chi connectivity index (χ3n) is 1.61. The van der Waals surface area contributed by atoms with Crippen LogP contribution in [0.3, 0.4) is 0 Å². The average molecular weight is 211 g/mol. The second-order valence-electron chi connectivity index (χ2n) is 2.86. The summed E-state index contributed by atoms with van der Waals surface area (Å²) >= 11 is 0. The number of nitrogens with one attached hydrogen (secondary N) is 1. The zero-order chi connectivity index (χ0) is 11.2. The van der Waals surface area contributed by atoms with Crippen molar-refractivity contribution in [1.82, 2.24) is 5.32 Å². The molecule has 0 aliphatic rings. The summed E-state index contributed by atoms with van der Waals surface area (Å²) in [6, 6.07) is -1.04. The molecule has 0 saturated heterocycles. The van der Waals surface area contributed by atoms with Gasteiger partial charge in [-0.2, -0.15) is 13.2 Å². The van der Waals surface area contributed by atoms with Crippen molar-refractivity contribution in [3.05, 3.63) is 0 Å². The molecular formula is C8H12F3NO2. The number of hydrogen-bond acceptors (Lipinski definition) is 2. The van der Waals surface area contributed by atoms with Gasteiger partial charge in [0.25, 0.3) is 0 Å². The van der Waals surface area contributed by atoms with Gasteiger partial charge in [0, 0.05) is 0 Å². The van der Waals surface area contributed by atoms with Gasteiger partial charge in [-0.15, -0.1) is 0 Å². The van der Waals surface area contributed by atoms with E-state index in [1.165, 1.54) is 0 Å². The van der Waals surface area contributed by atoms with E-state index in [0.29, 0.717) is 12.7 Å². The summed E-state index contributed by atoms with van der Waals surface area (Å²) in [4.78, 5) is 20.7. The number of carbonyl (C=O) groups is 2. The Bertz CT molecular complexity index is 203. The number of hydrogen-bond donors (Lipinski definition) is 1. The van der Waals surface area contributed by atoms with E-state index in [1.54, 1.807) is 5.32 Å². The fourth-order valence-corrected chi connectivity index (χ4v) is 0.848. The Morgan fingerprint density at radius 1 is 1.50 bits per heavy atom. The number of unbranched alkanes of at least 4 members (excludes halogenated alkanes) is 1. The topological polar surface area (TPSA) is 46.2 Å². The van der Waals surface area contributed by atoms with E-state index in [2.05, 4.69) is 0 Å². The van der Waals surface area contributed by atoms with Crippen LogP contribution in [0, 0.1) is 0 Å². The van der Waals surface area contributed by atoms with Crippen LogP contribution in [-0.2, 0) is 9.59 Å².